The molecule has 1 aromatic carbocycles. The summed E-state index contributed by atoms with van der Waals surface area (Å²) in [5.41, 5.74) is 1.24. The van der Waals surface area contributed by atoms with E-state index in [1.165, 1.54) is 31.2 Å². The third-order valence-corrected chi connectivity index (χ3v) is 4.98. The first-order valence-electron chi connectivity index (χ1n) is 7.55. The van der Waals surface area contributed by atoms with Crippen molar-refractivity contribution in [3.05, 3.63) is 22.2 Å². The van der Waals surface area contributed by atoms with Crippen LogP contribution in [0.2, 0.25) is 0 Å². The van der Waals surface area contributed by atoms with Crippen molar-refractivity contribution in [3.63, 3.8) is 0 Å². The van der Waals surface area contributed by atoms with E-state index in [0.29, 0.717) is 19.3 Å². The Balaban J connectivity index is 1.64. The van der Waals surface area contributed by atoms with Gasteiger partial charge in [-0.2, -0.15) is 0 Å². The predicted octanol–water partition coefficient (Wildman–Crippen LogP) is 3.89. The number of hydrogen-bond donors (Lipinski definition) is 1. The zero-order valence-electron chi connectivity index (χ0n) is 12.0. The summed E-state index contributed by atoms with van der Waals surface area (Å²) < 4.78 is 12.3. The van der Waals surface area contributed by atoms with Crippen molar-refractivity contribution in [2.45, 2.75) is 45.2 Å². The Morgan fingerprint density at radius 2 is 2.00 bits per heavy atom. The molecule has 1 aromatic rings. The van der Waals surface area contributed by atoms with Gasteiger partial charge in [0.05, 0.1) is 4.47 Å². The van der Waals surface area contributed by atoms with E-state index in [-0.39, 0.29) is 0 Å². The minimum Gasteiger partial charge on any atom is -0.486 e. The Kier molecular flexibility index (Phi) is 4.51. The maximum Gasteiger partial charge on any atom is 0.175 e. The molecule has 1 N–H and O–H groups in total. The normalized spacial score (nSPS) is 20.1. The van der Waals surface area contributed by atoms with E-state index in [0.717, 1.165) is 28.4 Å². The van der Waals surface area contributed by atoms with E-state index in [2.05, 4.69) is 40.3 Å². The molecule has 1 fully saturated rings. The van der Waals surface area contributed by atoms with Gasteiger partial charge in [-0.05, 0) is 59.3 Å². The second-order valence-corrected chi connectivity index (χ2v) is 6.67. The molecule has 0 radical (unpaired) electrons. The average molecular weight is 340 g/mol. The molecule has 0 unspecified atom stereocenters. The largest absolute Gasteiger partial charge is 0.486 e. The van der Waals surface area contributed by atoms with Gasteiger partial charge >= 0.3 is 0 Å². The maximum absolute atomic E-state index is 5.67. The van der Waals surface area contributed by atoms with Crippen LogP contribution >= 0.6 is 15.9 Å². The Hall–Kier alpha value is -0.740. The average Bonchev–Trinajstić information content (AvgIpc) is 2.99. The summed E-state index contributed by atoms with van der Waals surface area (Å²) in [7, 11) is 0. The summed E-state index contributed by atoms with van der Waals surface area (Å²) in [6.07, 6.45) is 5.54. The summed E-state index contributed by atoms with van der Waals surface area (Å²) in [5, 5.41) is 3.66. The number of benzene rings is 1. The first-order valence-corrected chi connectivity index (χ1v) is 8.35. The molecule has 0 aromatic heterocycles. The monoisotopic (exact) mass is 339 g/mol. The summed E-state index contributed by atoms with van der Waals surface area (Å²) in [5.74, 6) is 2.54. The van der Waals surface area contributed by atoms with Crippen LogP contribution in [-0.2, 0) is 6.54 Å². The zero-order valence-corrected chi connectivity index (χ0v) is 13.5. The number of ether oxygens (including phenoxy) is 2. The van der Waals surface area contributed by atoms with Crippen molar-refractivity contribution >= 4 is 15.9 Å². The number of halogens is 1. The quantitative estimate of drug-likeness (QED) is 0.902. The van der Waals surface area contributed by atoms with Gasteiger partial charge in [0.15, 0.2) is 11.5 Å². The highest BCUT2D eigenvalue weighted by molar-refractivity contribution is 9.10. The highest BCUT2D eigenvalue weighted by Gasteiger charge is 2.21. The fourth-order valence-electron chi connectivity index (χ4n) is 3.17. The van der Waals surface area contributed by atoms with E-state index in [1.54, 1.807) is 0 Å². The lowest BCUT2D eigenvalue weighted by Crippen LogP contribution is -2.31. The lowest BCUT2D eigenvalue weighted by Gasteiger charge is -2.23. The Morgan fingerprint density at radius 3 is 2.80 bits per heavy atom. The van der Waals surface area contributed by atoms with Gasteiger partial charge in [0.2, 0.25) is 0 Å². The molecule has 1 saturated carbocycles. The topological polar surface area (TPSA) is 30.5 Å². The van der Waals surface area contributed by atoms with E-state index in [4.69, 9.17) is 9.47 Å². The predicted molar refractivity (Wildman–Crippen MR) is 83.4 cm³/mol. The van der Waals surface area contributed by atoms with Crippen LogP contribution in [0.4, 0.5) is 0 Å². The van der Waals surface area contributed by atoms with Crippen molar-refractivity contribution in [1.82, 2.24) is 5.32 Å². The molecule has 1 aliphatic heterocycles. The molecule has 4 heteroatoms. The second kappa shape index (κ2) is 6.35. The second-order valence-electron chi connectivity index (χ2n) is 5.82. The first kappa shape index (κ1) is 14.2. The summed E-state index contributed by atoms with van der Waals surface area (Å²) in [6.45, 7) is 4.45. The van der Waals surface area contributed by atoms with E-state index < -0.39 is 0 Å². The minimum atomic E-state index is 0.587. The third-order valence-electron chi connectivity index (χ3n) is 4.39. The molecular formula is C16H22BrNO2. The van der Waals surface area contributed by atoms with Gasteiger partial charge in [0.1, 0.15) is 13.2 Å². The molecule has 0 amide bonds. The molecule has 2 aliphatic rings. The fourth-order valence-corrected chi connectivity index (χ4v) is 3.77. The molecule has 0 saturated heterocycles. The zero-order chi connectivity index (χ0) is 13.9. The SMILES string of the molecule is C[C@H](NCc1cc(Br)c2c(c1)OCCO2)C1CCCC1. The molecule has 1 heterocycles. The van der Waals surface area contributed by atoms with Crippen molar-refractivity contribution in [2.75, 3.05) is 13.2 Å². The van der Waals surface area contributed by atoms with Crippen LogP contribution < -0.4 is 14.8 Å². The first-order chi connectivity index (χ1) is 9.74. The van der Waals surface area contributed by atoms with Crippen LogP contribution in [0.15, 0.2) is 16.6 Å². The summed E-state index contributed by atoms with van der Waals surface area (Å²) in [6, 6.07) is 4.81. The van der Waals surface area contributed by atoms with E-state index in [9.17, 15) is 0 Å². The Bertz CT molecular complexity index is 472. The number of rotatable bonds is 4. The minimum absolute atomic E-state index is 0.587. The van der Waals surface area contributed by atoms with Crippen molar-refractivity contribution < 1.29 is 9.47 Å². The standard InChI is InChI=1S/C16H22BrNO2/c1-11(13-4-2-3-5-13)18-10-12-8-14(17)16-15(9-12)19-6-7-20-16/h8-9,11,13,18H,2-7,10H2,1H3/t11-/m0/s1. The van der Waals surface area contributed by atoms with Gasteiger partial charge in [-0.25, -0.2) is 0 Å². The van der Waals surface area contributed by atoms with Crippen molar-refractivity contribution in [1.29, 1.82) is 0 Å². The van der Waals surface area contributed by atoms with Gasteiger partial charge in [-0.15, -0.1) is 0 Å². The Morgan fingerprint density at radius 1 is 1.25 bits per heavy atom. The molecule has 1 atom stereocenters. The fraction of sp³-hybridized carbons (Fsp3) is 0.625. The van der Waals surface area contributed by atoms with Crippen LogP contribution in [0.25, 0.3) is 0 Å². The van der Waals surface area contributed by atoms with E-state index >= 15 is 0 Å². The molecule has 0 spiro atoms. The molecule has 3 nitrogen and oxygen atoms in total. The van der Waals surface area contributed by atoms with Crippen LogP contribution in [0, 0.1) is 5.92 Å². The third kappa shape index (κ3) is 3.12. The smallest absolute Gasteiger partial charge is 0.175 e. The van der Waals surface area contributed by atoms with Gasteiger partial charge in [0.25, 0.3) is 0 Å². The number of fused-ring (bicyclic) bond motifs is 1. The summed E-state index contributed by atoms with van der Waals surface area (Å²) in [4.78, 5) is 0. The molecule has 20 heavy (non-hydrogen) atoms. The lowest BCUT2D eigenvalue weighted by atomic mass is 9.99. The van der Waals surface area contributed by atoms with Gasteiger partial charge < -0.3 is 14.8 Å². The van der Waals surface area contributed by atoms with Gasteiger partial charge in [-0.1, -0.05) is 12.8 Å². The summed E-state index contributed by atoms with van der Waals surface area (Å²) >= 11 is 3.57. The molecule has 3 rings (SSSR count). The molecular weight excluding hydrogens is 318 g/mol. The van der Waals surface area contributed by atoms with Crippen molar-refractivity contribution in [2.24, 2.45) is 5.92 Å². The van der Waals surface area contributed by atoms with Crippen LogP contribution in [0.3, 0.4) is 0 Å². The van der Waals surface area contributed by atoms with Gasteiger partial charge in [0, 0.05) is 12.6 Å². The van der Waals surface area contributed by atoms with Crippen LogP contribution in [0.5, 0.6) is 11.5 Å². The van der Waals surface area contributed by atoms with Crippen LogP contribution in [-0.4, -0.2) is 19.3 Å². The lowest BCUT2D eigenvalue weighted by molar-refractivity contribution is 0.170. The van der Waals surface area contributed by atoms with Crippen LogP contribution in [0.1, 0.15) is 38.2 Å². The molecule has 1 aliphatic carbocycles. The van der Waals surface area contributed by atoms with Gasteiger partial charge in [-0.3, -0.25) is 0 Å². The molecule has 110 valence electrons. The number of hydrogen-bond acceptors (Lipinski definition) is 3. The Labute approximate surface area is 129 Å². The molecule has 0 bridgehead atoms. The van der Waals surface area contributed by atoms with E-state index in [1.807, 2.05) is 0 Å². The highest BCUT2D eigenvalue weighted by Crippen LogP contribution is 2.38. The highest BCUT2D eigenvalue weighted by atomic mass is 79.9. The van der Waals surface area contributed by atoms with Crippen molar-refractivity contribution in [3.8, 4) is 11.5 Å². The maximum atomic E-state index is 5.67. The number of nitrogens with one attached hydrogen (secondary N) is 1.